The molecule has 0 aliphatic carbocycles. The Balaban J connectivity index is 1.38. The van der Waals surface area contributed by atoms with E-state index in [1.807, 2.05) is 44.2 Å². The number of halogens is 1. The van der Waals surface area contributed by atoms with Crippen LogP contribution in [0.2, 0.25) is 0 Å². The third kappa shape index (κ3) is 4.61. The molecule has 0 saturated carbocycles. The predicted molar refractivity (Wildman–Crippen MR) is 114 cm³/mol. The number of nitrogens with one attached hydrogen (secondary N) is 2. The Kier molecular flexibility index (Phi) is 5.86. The minimum Gasteiger partial charge on any atom is -0.335 e. The van der Waals surface area contributed by atoms with E-state index < -0.39 is 0 Å². The monoisotopic (exact) mass is 395 g/mol. The summed E-state index contributed by atoms with van der Waals surface area (Å²) in [6.45, 7) is 4.89. The SMILES string of the molecule is Cc1cccc(C)c1NC(=O)NC1C[C@H]2CCC[C@H](C1)N2Cc1ccc(F)cc1. The minimum atomic E-state index is -0.188. The summed E-state index contributed by atoms with van der Waals surface area (Å²) < 4.78 is 13.2. The zero-order valence-corrected chi connectivity index (χ0v) is 17.2. The van der Waals surface area contributed by atoms with E-state index in [2.05, 4.69) is 15.5 Å². The number of amides is 2. The van der Waals surface area contributed by atoms with Gasteiger partial charge in [0, 0.05) is 30.4 Å². The molecular formula is C24H30FN3O. The molecule has 2 aliphatic heterocycles. The minimum absolute atomic E-state index is 0.113. The van der Waals surface area contributed by atoms with Crippen LogP contribution >= 0.6 is 0 Å². The third-order valence-corrected chi connectivity index (χ3v) is 6.46. The van der Waals surface area contributed by atoms with E-state index in [0.717, 1.165) is 54.6 Å². The van der Waals surface area contributed by atoms with Crippen LogP contribution in [0, 0.1) is 19.7 Å². The highest BCUT2D eigenvalue weighted by Crippen LogP contribution is 2.35. The fraction of sp³-hybridized carbons (Fsp3) is 0.458. The van der Waals surface area contributed by atoms with E-state index >= 15 is 0 Å². The van der Waals surface area contributed by atoms with Crippen molar-refractivity contribution in [3.8, 4) is 0 Å². The van der Waals surface area contributed by atoms with Gasteiger partial charge < -0.3 is 10.6 Å². The van der Waals surface area contributed by atoms with Crippen molar-refractivity contribution >= 4 is 11.7 Å². The summed E-state index contributed by atoms with van der Waals surface area (Å²) in [4.78, 5) is 15.2. The molecule has 4 nitrogen and oxygen atoms in total. The number of rotatable bonds is 4. The fourth-order valence-electron chi connectivity index (χ4n) is 5.00. The molecule has 0 aromatic heterocycles. The van der Waals surface area contributed by atoms with Crippen molar-refractivity contribution in [1.82, 2.24) is 10.2 Å². The van der Waals surface area contributed by atoms with Crippen molar-refractivity contribution in [2.75, 3.05) is 5.32 Å². The average Bonchev–Trinajstić information content (AvgIpc) is 2.67. The number of carbonyl (C=O) groups is 1. The van der Waals surface area contributed by atoms with Crippen molar-refractivity contribution in [3.63, 3.8) is 0 Å². The van der Waals surface area contributed by atoms with Gasteiger partial charge in [-0.15, -0.1) is 0 Å². The molecule has 4 rings (SSSR count). The average molecular weight is 396 g/mol. The quantitative estimate of drug-likeness (QED) is 0.752. The zero-order valence-electron chi connectivity index (χ0n) is 17.2. The first kappa shape index (κ1) is 19.9. The molecule has 0 radical (unpaired) electrons. The lowest BCUT2D eigenvalue weighted by molar-refractivity contribution is 0.0200. The molecule has 0 spiro atoms. The van der Waals surface area contributed by atoms with Gasteiger partial charge in [-0.05, 0) is 68.4 Å². The Hall–Kier alpha value is -2.40. The Morgan fingerprint density at radius 3 is 2.28 bits per heavy atom. The molecule has 2 bridgehead atoms. The van der Waals surface area contributed by atoms with Crippen LogP contribution in [-0.4, -0.2) is 29.1 Å². The molecule has 2 saturated heterocycles. The van der Waals surface area contributed by atoms with Gasteiger partial charge in [0.05, 0.1) is 0 Å². The molecule has 2 amide bonds. The van der Waals surface area contributed by atoms with Crippen LogP contribution in [0.5, 0.6) is 0 Å². The number of urea groups is 1. The van der Waals surface area contributed by atoms with Crippen LogP contribution in [0.25, 0.3) is 0 Å². The molecule has 29 heavy (non-hydrogen) atoms. The van der Waals surface area contributed by atoms with E-state index in [0.29, 0.717) is 12.1 Å². The maximum absolute atomic E-state index is 13.2. The third-order valence-electron chi connectivity index (χ3n) is 6.46. The first-order valence-corrected chi connectivity index (χ1v) is 10.6. The Morgan fingerprint density at radius 1 is 1.03 bits per heavy atom. The highest BCUT2D eigenvalue weighted by atomic mass is 19.1. The number of anilines is 1. The molecule has 2 heterocycles. The number of hydrogen-bond donors (Lipinski definition) is 2. The fourth-order valence-corrected chi connectivity index (χ4v) is 5.00. The van der Waals surface area contributed by atoms with Gasteiger partial charge in [0.2, 0.25) is 0 Å². The smallest absolute Gasteiger partial charge is 0.319 e. The number of aryl methyl sites for hydroxylation is 2. The van der Waals surface area contributed by atoms with Crippen LogP contribution < -0.4 is 10.6 Å². The maximum Gasteiger partial charge on any atom is 0.319 e. The maximum atomic E-state index is 13.2. The van der Waals surface area contributed by atoms with Gasteiger partial charge in [0.25, 0.3) is 0 Å². The summed E-state index contributed by atoms with van der Waals surface area (Å²) in [5.41, 5.74) is 4.21. The summed E-state index contributed by atoms with van der Waals surface area (Å²) in [5, 5.41) is 6.26. The molecule has 2 atom stereocenters. The number of benzene rings is 2. The van der Waals surface area contributed by atoms with Gasteiger partial charge in [-0.2, -0.15) is 0 Å². The first-order chi connectivity index (χ1) is 14.0. The second-order valence-corrected chi connectivity index (χ2v) is 8.57. The molecule has 2 aromatic carbocycles. The summed E-state index contributed by atoms with van der Waals surface area (Å²) in [5.74, 6) is -0.188. The molecule has 2 N–H and O–H groups in total. The van der Waals surface area contributed by atoms with Gasteiger partial charge in [0.15, 0.2) is 0 Å². The normalized spacial score (nSPS) is 24.2. The number of para-hydroxylation sites is 1. The van der Waals surface area contributed by atoms with Crippen molar-refractivity contribution < 1.29 is 9.18 Å². The Labute approximate surface area is 172 Å². The topological polar surface area (TPSA) is 44.4 Å². The van der Waals surface area contributed by atoms with Crippen molar-refractivity contribution in [3.05, 3.63) is 65.0 Å². The zero-order chi connectivity index (χ0) is 20.4. The van der Waals surface area contributed by atoms with E-state index in [1.54, 1.807) is 0 Å². The highest BCUT2D eigenvalue weighted by molar-refractivity contribution is 5.91. The molecule has 2 aliphatic rings. The lowest BCUT2D eigenvalue weighted by Gasteiger charge is -2.49. The molecular weight excluding hydrogens is 365 g/mol. The molecule has 154 valence electrons. The van der Waals surface area contributed by atoms with Crippen LogP contribution in [0.4, 0.5) is 14.9 Å². The Morgan fingerprint density at radius 2 is 1.66 bits per heavy atom. The molecule has 5 heteroatoms. The number of fused-ring (bicyclic) bond motifs is 2. The van der Waals surface area contributed by atoms with Gasteiger partial charge in [-0.3, -0.25) is 4.90 Å². The predicted octanol–water partition coefficient (Wildman–Crippen LogP) is 5.15. The number of nitrogens with zero attached hydrogens (tertiary/aromatic N) is 1. The van der Waals surface area contributed by atoms with E-state index in [-0.39, 0.29) is 17.9 Å². The van der Waals surface area contributed by atoms with Crippen molar-refractivity contribution in [2.24, 2.45) is 0 Å². The summed E-state index contributed by atoms with van der Waals surface area (Å²) in [6, 6.07) is 13.9. The van der Waals surface area contributed by atoms with Crippen LogP contribution in [0.15, 0.2) is 42.5 Å². The number of carbonyl (C=O) groups excluding carboxylic acids is 1. The Bertz CT molecular complexity index is 833. The van der Waals surface area contributed by atoms with E-state index in [4.69, 9.17) is 0 Å². The van der Waals surface area contributed by atoms with Gasteiger partial charge in [0.1, 0.15) is 5.82 Å². The standard InChI is InChI=1S/C24H30FN3O/c1-16-5-3-6-17(2)23(16)27-24(29)26-20-13-21-7-4-8-22(14-20)28(21)15-18-9-11-19(25)12-10-18/h3,5-6,9-12,20-22H,4,7-8,13-15H2,1-2H3,(H2,26,27,29)/t21-,22-/m1/s1. The summed E-state index contributed by atoms with van der Waals surface area (Å²) >= 11 is 0. The molecule has 0 unspecified atom stereocenters. The second-order valence-electron chi connectivity index (χ2n) is 8.57. The molecule has 2 fully saturated rings. The van der Waals surface area contributed by atoms with Crippen LogP contribution in [-0.2, 0) is 6.54 Å². The summed E-state index contributed by atoms with van der Waals surface area (Å²) in [7, 11) is 0. The lowest BCUT2D eigenvalue weighted by atomic mass is 9.81. The number of piperidine rings is 2. The van der Waals surface area contributed by atoms with E-state index in [9.17, 15) is 9.18 Å². The lowest BCUT2D eigenvalue weighted by Crippen LogP contribution is -2.56. The largest absolute Gasteiger partial charge is 0.335 e. The first-order valence-electron chi connectivity index (χ1n) is 10.6. The van der Waals surface area contributed by atoms with E-state index in [1.165, 1.54) is 18.6 Å². The van der Waals surface area contributed by atoms with Gasteiger partial charge >= 0.3 is 6.03 Å². The van der Waals surface area contributed by atoms with Gasteiger partial charge in [-0.1, -0.05) is 36.8 Å². The second kappa shape index (κ2) is 8.54. The highest BCUT2D eigenvalue weighted by Gasteiger charge is 2.38. The van der Waals surface area contributed by atoms with Crippen molar-refractivity contribution in [1.29, 1.82) is 0 Å². The summed E-state index contributed by atoms with van der Waals surface area (Å²) in [6.07, 6.45) is 5.51. The van der Waals surface area contributed by atoms with Crippen LogP contribution in [0.1, 0.15) is 48.8 Å². The number of hydrogen-bond acceptors (Lipinski definition) is 2. The molecule has 2 aromatic rings. The van der Waals surface area contributed by atoms with Gasteiger partial charge in [-0.25, -0.2) is 9.18 Å². The van der Waals surface area contributed by atoms with Crippen molar-refractivity contribution in [2.45, 2.75) is 70.6 Å². The van der Waals surface area contributed by atoms with Crippen LogP contribution in [0.3, 0.4) is 0 Å².